The van der Waals surface area contributed by atoms with Crippen molar-refractivity contribution in [1.29, 1.82) is 0 Å². The summed E-state index contributed by atoms with van der Waals surface area (Å²) in [6, 6.07) is 7.25. The third-order valence-electron chi connectivity index (χ3n) is 4.24. The number of amides is 1. The van der Waals surface area contributed by atoms with Gasteiger partial charge in [-0.25, -0.2) is 0 Å². The standard InChI is InChI=1S/C16H19NO4/c18-15(9-11-5-3-4-8-21-11)17-10-13(16(19)20)12-6-1-2-7-14(12)17/h1-2,6-7,11,13H,3-5,8-10H2,(H,19,20)/t11-,13-/m1/s1. The van der Waals surface area contributed by atoms with Gasteiger partial charge in [0.15, 0.2) is 0 Å². The van der Waals surface area contributed by atoms with Gasteiger partial charge in [-0.15, -0.1) is 0 Å². The van der Waals surface area contributed by atoms with Crippen molar-refractivity contribution >= 4 is 17.6 Å². The van der Waals surface area contributed by atoms with Gasteiger partial charge < -0.3 is 14.7 Å². The maximum absolute atomic E-state index is 12.5. The van der Waals surface area contributed by atoms with Crippen LogP contribution in [0.25, 0.3) is 0 Å². The molecule has 2 aliphatic heterocycles. The summed E-state index contributed by atoms with van der Waals surface area (Å²) in [5.74, 6) is -1.55. The van der Waals surface area contributed by atoms with Gasteiger partial charge in [0.05, 0.1) is 12.5 Å². The lowest BCUT2D eigenvalue weighted by Crippen LogP contribution is -2.35. The molecule has 0 saturated carbocycles. The second-order valence-corrected chi connectivity index (χ2v) is 5.65. The smallest absolute Gasteiger partial charge is 0.312 e. The maximum atomic E-state index is 12.5. The highest BCUT2D eigenvalue weighted by atomic mass is 16.5. The number of fused-ring (bicyclic) bond motifs is 1. The minimum atomic E-state index is -0.883. The van der Waals surface area contributed by atoms with Gasteiger partial charge in [-0.3, -0.25) is 9.59 Å². The molecule has 5 heteroatoms. The number of anilines is 1. The van der Waals surface area contributed by atoms with Gasteiger partial charge in [0.1, 0.15) is 5.92 Å². The maximum Gasteiger partial charge on any atom is 0.312 e. The normalized spacial score (nSPS) is 24.7. The molecule has 1 fully saturated rings. The first-order valence-electron chi connectivity index (χ1n) is 7.40. The third-order valence-corrected chi connectivity index (χ3v) is 4.24. The Labute approximate surface area is 123 Å². The molecule has 2 atom stereocenters. The highest BCUT2D eigenvalue weighted by Gasteiger charge is 2.36. The summed E-state index contributed by atoms with van der Waals surface area (Å²) in [5.41, 5.74) is 1.45. The average molecular weight is 289 g/mol. The minimum Gasteiger partial charge on any atom is -0.481 e. The third kappa shape index (κ3) is 2.78. The molecule has 0 bridgehead atoms. The summed E-state index contributed by atoms with van der Waals surface area (Å²) in [6.07, 6.45) is 3.36. The monoisotopic (exact) mass is 289 g/mol. The van der Waals surface area contributed by atoms with E-state index in [0.29, 0.717) is 13.0 Å². The van der Waals surface area contributed by atoms with Gasteiger partial charge in [0.2, 0.25) is 5.91 Å². The number of benzene rings is 1. The van der Waals surface area contributed by atoms with Crippen molar-refractivity contribution in [3.8, 4) is 0 Å². The largest absolute Gasteiger partial charge is 0.481 e. The molecule has 112 valence electrons. The molecule has 21 heavy (non-hydrogen) atoms. The molecule has 0 aromatic heterocycles. The zero-order chi connectivity index (χ0) is 14.8. The molecular weight excluding hydrogens is 270 g/mol. The fourth-order valence-electron chi connectivity index (χ4n) is 3.13. The molecule has 1 amide bonds. The number of ether oxygens (including phenoxy) is 1. The number of hydrogen-bond acceptors (Lipinski definition) is 3. The lowest BCUT2D eigenvalue weighted by Gasteiger charge is -2.25. The number of carbonyl (C=O) groups is 2. The molecule has 2 aliphatic rings. The SMILES string of the molecule is O=C(O)[C@@H]1CN(C(=O)C[C@H]2CCCCO2)c2ccccc21. The summed E-state index contributed by atoms with van der Waals surface area (Å²) in [5, 5.41) is 9.32. The van der Waals surface area contributed by atoms with E-state index in [1.165, 1.54) is 0 Å². The molecule has 0 radical (unpaired) electrons. The van der Waals surface area contributed by atoms with Crippen LogP contribution >= 0.6 is 0 Å². The predicted molar refractivity (Wildman–Crippen MR) is 77.4 cm³/mol. The van der Waals surface area contributed by atoms with Crippen molar-refractivity contribution in [3.05, 3.63) is 29.8 Å². The Bertz CT molecular complexity index is 551. The molecule has 1 aromatic rings. The van der Waals surface area contributed by atoms with Crippen LogP contribution in [0, 0.1) is 0 Å². The molecular formula is C16H19NO4. The Balaban J connectivity index is 1.76. The molecule has 3 rings (SSSR count). The number of carboxylic acid groups (broad SMARTS) is 1. The number of carbonyl (C=O) groups excluding carboxylic acids is 1. The molecule has 0 aliphatic carbocycles. The van der Waals surface area contributed by atoms with Crippen LogP contribution in [0.15, 0.2) is 24.3 Å². The Morgan fingerprint density at radius 2 is 2.10 bits per heavy atom. The lowest BCUT2D eigenvalue weighted by atomic mass is 10.0. The summed E-state index contributed by atoms with van der Waals surface area (Å²) in [7, 11) is 0. The molecule has 5 nitrogen and oxygen atoms in total. The van der Waals surface area contributed by atoms with E-state index in [1.807, 2.05) is 18.2 Å². The van der Waals surface area contributed by atoms with Crippen LogP contribution in [0.3, 0.4) is 0 Å². The van der Waals surface area contributed by atoms with Crippen LogP contribution < -0.4 is 4.90 Å². The van der Waals surface area contributed by atoms with E-state index in [9.17, 15) is 14.7 Å². The van der Waals surface area contributed by atoms with Crippen molar-refractivity contribution in [3.63, 3.8) is 0 Å². The highest BCUT2D eigenvalue weighted by molar-refractivity contribution is 5.99. The van der Waals surface area contributed by atoms with Crippen LogP contribution in [0.2, 0.25) is 0 Å². The summed E-state index contributed by atoms with van der Waals surface area (Å²) >= 11 is 0. The zero-order valence-electron chi connectivity index (χ0n) is 11.8. The van der Waals surface area contributed by atoms with Crippen molar-refractivity contribution in [2.45, 2.75) is 37.7 Å². The molecule has 0 unspecified atom stereocenters. The fourth-order valence-corrected chi connectivity index (χ4v) is 3.13. The van der Waals surface area contributed by atoms with Crippen LogP contribution in [0.1, 0.15) is 37.2 Å². The van der Waals surface area contributed by atoms with Crippen molar-refractivity contribution in [2.24, 2.45) is 0 Å². The van der Waals surface area contributed by atoms with E-state index in [2.05, 4.69) is 0 Å². The Kier molecular flexibility index (Phi) is 3.92. The Morgan fingerprint density at radius 1 is 1.29 bits per heavy atom. The van der Waals surface area contributed by atoms with E-state index in [1.54, 1.807) is 11.0 Å². The van der Waals surface area contributed by atoms with Crippen LogP contribution in [0.5, 0.6) is 0 Å². The number of carboxylic acids is 1. The van der Waals surface area contributed by atoms with E-state index in [4.69, 9.17) is 4.74 Å². The molecule has 1 aromatic carbocycles. The summed E-state index contributed by atoms with van der Waals surface area (Å²) < 4.78 is 5.61. The Hall–Kier alpha value is -1.88. The first-order valence-corrected chi connectivity index (χ1v) is 7.40. The number of para-hydroxylation sites is 1. The summed E-state index contributed by atoms with van der Waals surface area (Å²) in [6.45, 7) is 0.937. The van der Waals surface area contributed by atoms with Gasteiger partial charge in [-0.05, 0) is 30.9 Å². The number of hydrogen-bond donors (Lipinski definition) is 1. The molecule has 1 N–H and O–H groups in total. The van der Waals surface area contributed by atoms with Gasteiger partial charge in [-0.1, -0.05) is 18.2 Å². The minimum absolute atomic E-state index is 0.0257. The number of aliphatic carboxylic acids is 1. The van der Waals surface area contributed by atoms with E-state index >= 15 is 0 Å². The topological polar surface area (TPSA) is 66.8 Å². The van der Waals surface area contributed by atoms with Gasteiger partial charge in [0, 0.05) is 18.8 Å². The van der Waals surface area contributed by atoms with Gasteiger partial charge >= 0.3 is 5.97 Å². The molecule has 2 heterocycles. The van der Waals surface area contributed by atoms with Gasteiger partial charge in [-0.2, -0.15) is 0 Å². The first-order chi connectivity index (χ1) is 10.2. The fraction of sp³-hybridized carbons (Fsp3) is 0.500. The molecule has 1 saturated heterocycles. The van der Waals surface area contributed by atoms with E-state index in [-0.39, 0.29) is 18.6 Å². The van der Waals surface area contributed by atoms with E-state index < -0.39 is 11.9 Å². The van der Waals surface area contributed by atoms with Crippen LogP contribution in [-0.2, 0) is 14.3 Å². The van der Waals surface area contributed by atoms with Crippen molar-refractivity contribution in [2.75, 3.05) is 18.1 Å². The number of nitrogens with zero attached hydrogens (tertiary/aromatic N) is 1. The van der Waals surface area contributed by atoms with Crippen molar-refractivity contribution < 1.29 is 19.4 Å². The van der Waals surface area contributed by atoms with Crippen molar-refractivity contribution in [1.82, 2.24) is 0 Å². The second kappa shape index (κ2) is 5.85. The van der Waals surface area contributed by atoms with E-state index in [0.717, 1.165) is 30.5 Å². The quantitative estimate of drug-likeness (QED) is 0.926. The van der Waals surface area contributed by atoms with Crippen LogP contribution in [0.4, 0.5) is 5.69 Å². The second-order valence-electron chi connectivity index (χ2n) is 5.65. The predicted octanol–water partition coefficient (Wildman–Crippen LogP) is 2.16. The van der Waals surface area contributed by atoms with Gasteiger partial charge in [0.25, 0.3) is 0 Å². The van der Waals surface area contributed by atoms with Crippen LogP contribution in [-0.4, -0.2) is 36.2 Å². The average Bonchev–Trinajstić information content (AvgIpc) is 2.88. The highest BCUT2D eigenvalue weighted by Crippen LogP contribution is 2.36. The Morgan fingerprint density at radius 3 is 2.81 bits per heavy atom. The first kappa shape index (κ1) is 14.1. The lowest BCUT2D eigenvalue weighted by molar-refractivity contribution is -0.138. The number of rotatable bonds is 3. The zero-order valence-corrected chi connectivity index (χ0v) is 11.8. The molecule has 0 spiro atoms. The summed E-state index contributed by atoms with van der Waals surface area (Å²) in [4.78, 5) is 25.5.